The van der Waals surface area contributed by atoms with Crippen LogP contribution in [-0.2, 0) is 4.74 Å². The molecule has 0 aromatic heterocycles. The van der Waals surface area contributed by atoms with Crippen LogP contribution < -0.4 is 14.8 Å². The van der Waals surface area contributed by atoms with Crippen LogP contribution in [0.15, 0.2) is 72.8 Å². The lowest BCUT2D eigenvalue weighted by Gasteiger charge is -2.11. The van der Waals surface area contributed by atoms with Crippen molar-refractivity contribution < 1.29 is 28.6 Å². The summed E-state index contributed by atoms with van der Waals surface area (Å²) in [5.74, 6) is -0.416. The van der Waals surface area contributed by atoms with Gasteiger partial charge < -0.3 is 19.5 Å². The Bertz CT molecular complexity index is 1110. The van der Waals surface area contributed by atoms with Gasteiger partial charge in [-0.3, -0.25) is 9.59 Å². The van der Waals surface area contributed by atoms with Gasteiger partial charge in [0.15, 0.2) is 23.9 Å². The van der Waals surface area contributed by atoms with Crippen LogP contribution in [-0.4, -0.2) is 31.1 Å². The number of carbonyl (C=O) groups excluding carboxylic acids is 3. The number of ether oxygens (including phenoxy) is 3. The van der Waals surface area contributed by atoms with Crippen LogP contribution in [0.2, 0.25) is 0 Å². The number of amides is 1. The zero-order valence-corrected chi connectivity index (χ0v) is 15.8. The molecule has 0 atom stereocenters. The molecule has 0 fully saturated rings. The second-order valence-corrected chi connectivity index (χ2v) is 6.43. The number of hydrogen-bond donors (Lipinski definition) is 1. The number of esters is 1. The maximum atomic E-state index is 12.5. The third kappa shape index (κ3) is 4.15. The van der Waals surface area contributed by atoms with Gasteiger partial charge >= 0.3 is 5.97 Å². The van der Waals surface area contributed by atoms with E-state index in [1.54, 1.807) is 66.7 Å². The second-order valence-electron chi connectivity index (χ2n) is 6.43. The second kappa shape index (κ2) is 8.48. The number of hydrogen-bond acceptors (Lipinski definition) is 6. The van der Waals surface area contributed by atoms with Crippen molar-refractivity contribution in [2.75, 3.05) is 18.7 Å². The Morgan fingerprint density at radius 1 is 0.833 bits per heavy atom. The number of carbonyl (C=O) groups is 3. The summed E-state index contributed by atoms with van der Waals surface area (Å²) < 4.78 is 15.6. The first-order chi connectivity index (χ1) is 14.6. The molecule has 0 saturated heterocycles. The molecular formula is C23H17NO6. The van der Waals surface area contributed by atoms with Crippen LogP contribution in [0.3, 0.4) is 0 Å². The summed E-state index contributed by atoms with van der Waals surface area (Å²) in [7, 11) is 0. The van der Waals surface area contributed by atoms with Crippen molar-refractivity contribution in [3.63, 3.8) is 0 Å². The van der Waals surface area contributed by atoms with E-state index in [1.165, 1.54) is 6.07 Å². The molecule has 7 heteroatoms. The summed E-state index contributed by atoms with van der Waals surface area (Å²) in [6.07, 6.45) is 0. The molecule has 30 heavy (non-hydrogen) atoms. The lowest BCUT2D eigenvalue weighted by Crippen LogP contribution is -2.18. The van der Waals surface area contributed by atoms with E-state index in [2.05, 4.69) is 5.32 Å². The highest BCUT2D eigenvalue weighted by Crippen LogP contribution is 2.32. The standard InChI is InChI=1S/C23H17NO6/c25-19(16-10-11-20-21(12-16)30-14-29-20)13-28-23(27)17-8-4-5-9-18(17)24-22(26)15-6-2-1-3-7-15/h1-12H,13-14H2,(H,24,26). The number of nitrogens with one attached hydrogen (secondary N) is 1. The monoisotopic (exact) mass is 403 g/mol. The third-order valence-electron chi connectivity index (χ3n) is 4.46. The highest BCUT2D eigenvalue weighted by Gasteiger charge is 2.19. The van der Waals surface area contributed by atoms with Gasteiger partial charge in [-0.25, -0.2) is 4.79 Å². The number of benzene rings is 3. The van der Waals surface area contributed by atoms with Gasteiger partial charge in [0.25, 0.3) is 5.91 Å². The lowest BCUT2D eigenvalue weighted by atomic mass is 10.1. The Balaban J connectivity index is 1.42. The van der Waals surface area contributed by atoms with Gasteiger partial charge in [0.2, 0.25) is 6.79 Å². The van der Waals surface area contributed by atoms with E-state index < -0.39 is 12.6 Å². The number of fused-ring (bicyclic) bond motifs is 1. The molecule has 0 saturated carbocycles. The maximum absolute atomic E-state index is 12.5. The Morgan fingerprint density at radius 3 is 2.40 bits per heavy atom. The Labute approximate surface area is 172 Å². The fourth-order valence-corrected chi connectivity index (χ4v) is 2.92. The van der Waals surface area contributed by atoms with Gasteiger partial charge in [0.05, 0.1) is 11.3 Å². The Kier molecular flexibility index (Phi) is 5.43. The topological polar surface area (TPSA) is 90.9 Å². The summed E-state index contributed by atoms with van der Waals surface area (Å²) in [5, 5.41) is 2.70. The number of anilines is 1. The fourth-order valence-electron chi connectivity index (χ4n) is 2.92. The van der Waals surface area contributed by atoms with Crippen molar-refractivity contribution in [3.8, 4) is 11.5 Å². The molecule has 1 heterocycles. The molecule has 3 aromatic rings. The molecule has 7 nitrogen and oxygen atoms in total. The van der Waals surface area contributed by atoms with E-state index in [0.29, 0.717) is 28.3 Å². The largest absolute Gasteiger partial charge is 0.454 e. The third-order valence-corrected chi connectivity index (χ3v) is 4.46. The molecule has 0 radical (unpaired) electrons. The molecule has 0 unspecified atom stereocenters. The van der Waals surface area contributed by atoms with Gasteiger partial charge in [0.1, 0.15) is 0 Å². The smallest absolute Gasteiger partial charge is 0.340 e. The van der Waals surface area contributed by atoms with Gasteiger partial charge in [-0.1, -0.05) is 30.3 Å². The minimum Gasteiger partial charge on any atom is -0.454 e. The van der Waals surface area contributed by atoms with E-state index in [0.717, 1.165) is 0 Å². The van der Waals surface area contributed by atoms with Crippen molar-refractivity contribution in [2.45, 2.75) is 0 Å². The van der Waals surface area contributed by atoms with Crippen LogP contribution in [0, 0.1) is 0 Å². The van der Waals surface area contributed by atoms with Crippen LogP contribution in [0.25, 0.3) is 0 Å². The maximum Gasteiger partial charge on any atom is 0.340 e. The summed E-state index contributed by atoms with van der Waals surface area (Å²) in [6.45, 7) is -0.340. The van der Waals surface area contributed by atoms with Crippen molar-refractivity contribution in [2.24, 2.45) is 0 Å². The van der Waals surface area contributed by atoms with E-state index >= 15 is 0 Å². The minimum atomic E-state index is -0.715. The highest BCUT2D eigenvalue weighted by atomic mass is 16.7. The van der Waals surface area contributed by atoms with Crippen LogP contribution in [0.5, 0.6) is 11.5 Å². The van der Waals surface area contributed by atoms with Crippen molar-refractivity contribution in [1.82, 2.24) is 0 Å². The molecule has 0 bridgehead atoms. The molecule has 3 aromatic carbocycles. The van der Waals surface area contributed by atoms with Crippen molar-refractivity contribution >= 4 is 23.3 Å². The zero-order chi connectivity index (χ0) is 20.9. The fraction of sp³-hybridized carbons (Fsp3) is 0.0870. The van der Waals surface area contributed by atoms with E-state index in [4.69, 9.17) is 14.2 Å². The van der Waals surface area contributed by atoms with Gasteiger partial charge in [-0.2, -0.15) is 0 Å². The zero-order valence-electron chi connectivity index (χ0n) is 15.8. The Hall–Kier alpha value is -4.13. The predicted molar refractivity (Wildman–Crippen MR) is 108 cm³/mol. The number of para-hydroxylation sites is 1. The van der Waals surface area contributed by atoms with Gasteiger partial charge in [-0.05, 0) is 42.5 Å². The normalized spacial score (nSPS) is 11.6. The van der Waals surface area contributed by atoms with Crippen molar-refractivity contribution in [3.05, 3.63) is 89.5 Å². The molecular weight excluding hydrogens is 386 g/mol. The van der Waals surface area contributed by atoms with E-state index in [9.17, 15) is 14.4 Å². The minimum absolute atomic E-state index is 0.105. The van der Waals surface area contributed by atoms with E-state index in [-0.39, 0.29) is 24.0 Å². The Morgan fingerprint density at radius 2 is 1.57 bits per heavy atom. The van der Waals surface area contributed by atoms with Crippen LogP contribution >= 0.6 is 0 Å². The van der Waals surface area contributed by atoms with Crippen LogP contribution in [0.4, 0.5) is 5.69 Å². The molecule has 1 amide bonds. The summed E-state index contributed by atoms with van der Waals surface area (Å²) in [4.78, 5) is 37.3. The van der Waals surface area contributed by atoms with Gasteiger partial charge in [-0.15, -0.1) is 0 Å². The van der Waals surface area contributed by atoms with Crippen LogP contribution in [0.1, 0.15) is 31.1 Å². The van der Waals surface area contributed by atoms with Crippen molar-refractivity contribution in [1.29, 1.82) is 0 Å². The number of ketones is 1. The summed E-state index contributed by atoms with van der Waals surface area (Å²) in [6, 6.07) is 19.8. The first-order valence-electron chi connectivity index (χ1n) is 9.17. The van der Waals surface area contributed by atoms with Gasteiger partial charge in [0, 0.05) is 11.1 Å². The first kappa shape index (κ1) is 19.2. The molecule has 4 rings (SSSR count). The molecule has 1 N–H and O–H groups in total. The average Bonchev–Trinajstić information content (AvgIpc) is 3.26. The molecule has 1 aliphatic heterocycles. The summed E-state index contributed by atoms with van der Waals surface area (Å²) in [5.41, 5.74) is 1.25. The quantitative estimate of drug-likeness (QED) is 0.498. The molecule has 0 spiro atoms. The predicted octanol–water partition coefficient (Wildman–Crippen LogP) is 3.71. The molecule has 1 aliphatic rings. The van der Waals surface area contributed by atoms with E-state index in [1.807, 2.05) is 0 Å². The first-order valence-corrected chi connectivity index (χ1v) is 9.17. The number of Topliss-reactive ketones (excluding diaryl/α,β-unsaturated/α-hetero) is 1. The number of rotatable bonds is 6. The SMILES string of the molecule is O=C(COC(=O)c1ccccc1NC(=O)c1ccccc1)c1ccc2c(c1)OCO2. The average molecular weight is 403 g/mol. The lowest BCUT2D eigenvalue weighted by molar-refractivity contribution is 0.0475. The molecule has 150 valence electrons. The highest BCUT2D eigenvalue weighted by molar-refractivity contribution is 6.08. The summed E-state index contributed by atoms with van der Waals surface area (Å²) >= 11 is 0. The molecule has 0 aliphatic carbocycles.